The summed E-state index contributed by atoms with van der Waals surface area (Å²) in [5.74, 6) is 1.27. The Morgan fingerprint density at radius 3 is 2.58 bits per heavy atom. The molecule has 1 fully saturated rings. The first-order chi connectivity index (χ1) is 9.19. The molecule has 0 radical (unpaired) electrons. The third kappa shape index (κ3) is 3.83. The van der Waals surface area contributed by atoms with Gasteiger partial charge in [0.15, 0.2) is 11.5 Å². The largest absolute Gasteiger partial charge is 0.493 e. The van der Waals surface area contributed by atoms with E-state index in [4.69, 9.17) is 14.6 Å². The van der Waals surface area contributed by atoms with Gasteiger partial charge in [-0.05, 0) is 25.0 Å². The summed E-state index contributed by atoms with van der Waals surface area (Å²) in [4.78, 5) is 0. The van der Waals surface area contributed by atoms with Gasteiger partial charge >= 0.3 is 0 Å². The van der Waals surface area contributed by atoms with Crippen molar-refractivity contribution >= 4 is 0 Å². The quantitative estimate of drug-likeness (QED) is 0.641. The first-order valence-electron chi connectivity index (χ1n) is 6.49. The summed E-state index contributed by atoms with van der Waals surface area (Å²) in [6.45, 7) is 0.720. The number of hydrogen-bond donors (Lipinski definition) is 3. The highest BCUT2D eigenvalue weighted by molar-refractivity contribution is 5.39. The van der Waals surface area contributed by atoms with Crippen LogP contribution in [0.25, 0.3) is 0 Å². The monoisotopic (exact) mass is 267 g/mol. The van der Waals surface area contributed by atoms with E-state index in [0.29, 0.717) is 18.0 Å². The molecule has 1 aliphatic rings. The fourth-order valence-electron chi connectivity index (χ4n) is 1.86. The molecule has 0 heterocycles. The van der Waals surface area contributed by atoms with Crippen LogP contribution in [-0.4, -0.2) is 48.7 Å². The number of hydrogen-bond acceptors (Lipinski definition) is 5. The standard InChI is InChI=1S/C14H21NO4/c1-18-12-4-2-3-5-13(12)19-9-11(17)8-15-14(10-16)6-7-14/h2-5,11,15-17H,6-10H2,1H3. The van der Waals surface area contributed by atoms with Crippen molar-refractivity contribution in [1.82, 2.24) is 5.32 Å². The van der Waals surface area contributed by atoms with Crippen LogP contribution in [-0.2, 0) is 0 Å². The van der Waals surface area contributed by atoms with Crippen molar-refractivity contribution in [1.29, 1.82) is 0 Å². The van der Waals surface area contributed by atoms with Crippen LogP contribution < -0.4 is 14.8 Å². The van der Waals surface area contributed by atoms with E-state index in [-0.39, 0.29) is 18.8 Å². The molecule has 5 nitrogen and oxygen atoms in total. The van der Waals surface area contributed by atoms with Crippen LogP contribution in [0.4, 0.5) is 0 Å². The number of nitrogens with one attached hydrogen (secondary N) is 1. The summed E-state index contributed by atoms with van der Waals surface area (Å²) in [6.07, 6.45) is 1.31. The minimum Gasteiger partial charge on any atom is -0.493 e. The Kier molecular flexibility index (Phi) is 4.63. The number of rotatable bonds is 8. The van der Waals surface area contributed by atoms with Crippen molar-refractivity contribution in [2.45, 2.75) is 24.5 Å². The second-order valence-corrected chi connectivity index (χ2v) is 4.94. The van der Waals surface area contributed by atoms with Crippen LogP contribution in [0.2, 0.25) is 0 Å². The molecule has 1 atom stereocenters. The third-order valence-electron chi connectivity index (χ3n) is 3.37. The lowest BCUT2D eigenvalue weighted by molar-refractivity contribution is 0.0964. The second kappa shape index (κ2) is 6.23. The van der Waals surface area contributed by atoms with Gasteiger partial charge in [0.2, 0.25) is 0 Å². The van der Waals surface area contributed by atoms with Crippen LogP contribution in [0, 0.1) is 0 Å². The highest BCUT2D eigenvalue weighted by atomic mass is 16.5. The zero-order valence-electron chi connectivity index (χ0n) is 11.1. The van der Waals surface area contributed by atoms with E-state index in [2.05, 4.69) is 5.32 Å². The summed E-state index contributed by atoms with van der Waals surface area (Å²) in [5, 5.41) is 22.2. The fraction of sp³-hybridized carbons (Fsp3) is 0.571. The van der Waals surface area contributed by atoms with Gasteiger partial charge in [0.1, 0.15) is 12.7 Å². The van der Waals surface area contributed by atoms with E-state index >= 15 is 0 Å². The molecule has 0 amide bonds. The number of para-hydroxylation sites is 2. The van der Waals surface area contributed by atoms with E-state index in [9.17, 15) is 5.11 Å². The zero-order valence-corrected chi connectivity index (χ0v) is 11.1. The molecule has 0 aliphatic heterocycles. The molecule has 0 aromatic heterocycles. The lowest BCUT2D eigenvalue weighted by atomic mass is 10.2. The van der Waals surface area contributed by atoms with Gasteiger partial charge in [0.25, 0.3) is 0 Å². The average molecular weight is 267 g/mol. The molecule has 5 heteroatoms. The maximum atomic E-state index is 9.85. The minimum atomic E-state index is -0.617. The number of aliphatic hydroxyl groups excluding tert-OH is 2. The molecule has 0 spiro atoms. The first kappa shape index (κ1) is 14.1. The molecule has 19 heavy (non-hydrogen) atoms. The van der Waals surface area contributed by atoms with Crippen molar-refractivity contribution < 1.29 is 19.7 Å². The predicted molar refractivity (Wildman–Crippen MR) is 71.5 cm³/mol. The Morgan fingerprint density at radius 2 is 2.00 bits per heavy atom. The topological polar surface area (TPSA) is 71.0 Å². The van der Waals surface area contributed by atoms with Gasteiger partial charge in [-0.2, -0.15) is 0 Å². The molecule has 1 saturated carbocycles. The molecular weight excluding hydrogens is 246 g/mol. The Bertz CT molecular complexity index is 406. The number of methoxy groups -OCH3 is 1. The first-order valence-corrected chi connectivity index (χ1v) is 6.49. The van der Waals surface area contributed by atoms with Crippen molar-refractivity contribution in [2.75, 3.05) is 26.9 Å². The van der Waals surface area contributed by atoms with Gasteiger partial charge in [-0.25, -0.2) is 0 Å². The van der Waals surface area contributed by atoms with Gasteiger partial charge in [-0.3, -0.25) is 0 Å². The highest BCUT2D eigenvalue weighted by Crippen LogP contribution is 2.34. The van der Waals surface area contributed by atoms with Crippen molar-refractivity contribution in [3.8, 4) is 11.5 Å². The number of ether oxygens (including phenoxy) is 2. The number of β-amino-alcohol motifs (C(OH)–C–C–N with tert-alkyl or cyclic N) is 1. The summed E-state index contributed by atoms with van der Waals surface area (Å²) in [5.41, 5.74) is -0.161. The molecule has 2 rings (SSSR count). The van der Waals surface area contributed by atoms with Crippen LogP contribution in [0.3, 0.4) is 0 Å². The molecule has 106 valence electrons. The molecule has 1 aromatic rings. The zero-order chi connectivity index (χ0) is 13.7. The summed E-state index contributed by atoms with van der Waals surface area (Å²) in [6, 6.07) is 7.33. The van der Waals surface area contributed by atoms with E-state index in [1.165, 1.54) is 0 Å². The van der Waals surface area contributed by atoms with E-state index in [1.54, 1.807) is 13.2 Å². The number of benzene rings is 1. The molecule has 0 saturated heterocycles. The van der Waals surface area contributed by atoms with E-state index in [0.717, 1.165) is 12.8 Å². The van der Waals surface area contributed by atoms with E-state index in [1.807, 2.05) is 18.2 Å². The lowest BCUT2D eigenvalue weighted by Crippen LogP contribution is -2.41. The van der Waals surface area contributed by atoms with Gasteiger partial charge in [0, 0.05) is 12.1 Å². The minimum absolute atomic E-state index is 0.118. The van der Waals surface area contributed by atoms with Crippen LogP contribution in [0.15, 0.2) is 24.3 Å². The summed E-state index contributed by atoms with van der Waals surface area (Å²) < 4.78 is 10.7. The van der Waals surface area contributed by atoms with Gasteiger partial charge < -0.3 is 25.0 Å². The van der Waals surface area contributed by atoms with Crippen LogP contribution >= 0.6 is 0 Å². The highest BCUT2D eigenvalue weighted by Gasteiger charge is 2.41. The second-order valence-electron chi connectivity index (χ2n) is 4.94. The van der Waals surface area contributed by atoms with Gasteiger partial charge in [-0.1, -0.05) is 12.1 Å². The SMILES string of the molecule is COc1ccccc1OCC(O)CNC1(CO)CC1. The maximum Gasteiger partial charge on any atom is 0.161 e. The Balaban J connectivity index is 1.75. The fourth-order valence-corrected chi connectivity index (χ4v) is 1.86. The molecule has 1 aliphatic carbocycles. The molecule has 1 aromatic carbocycles. The normalized spacial score (nSPS) is 17.8. The number of aliphatic hydroxyl groups is 2. The van der Waals surface area contributed by atoms with Crippen molar-refractivity contribution in [3.05, 3.63) is 24.3 Å². The van der Waals surface area contributed by atoms with Crippen LogP contribution in [0.1, 0.15) is 12.8 Å². The molecular formula is C14H21NO4. The van der Waals surface area contributed by atoms with Crippen molar-refractivity contribution in [3.63, 3.8) is 0 Å². The molecule has 1 unspecified atom stereocenters. The van der Waals surface area contributed by atoms with Gasteiger partial charge in [0.05, 0.1) is 13.7 Å². The molecule has 0 bridgehead atoms. The Hall–Kier alpha value is -1.30. The Morgan fingerprint density at radius 1 is 1.32 bits per heavy atom. The van der Waals surface area contributed by atoms with E-state index < -0.39 is 6.10 Å². The Labute approximate surface area is 113 Å². The maximum absolute atomic E-state index is 9.85. The van der Waals surface area contributed by atoms with Crippen molar-refractivity contribution in [2.24, 2.45) is 0 Å². The predicted octanol–water partition coefficient (Wildman–Crippen LogP) is 0.549. The smallest absolute Gasteiger partial charge is 0.161 e. The molecule has 3 N–H and O–H groups in total. The van der Waals surface area contributed by atoms with Crippen LogP contribution in [0.5, 0.6) is 11.5 Å². The average Bonchev–Trinajstić information content (AvgIpc) is 3.24. The third-order valence-corrected chi connectivity index (χ3v) is 3.37. The van der Waals surface area contributed by atoms with Gasteiger partial charge in [-0.15, -0.1) is 0 Å². The lowest BCUT2D eigenvalue weighted by Gasteiger charge is -2.18. The summed E-state index contributed by atoms with van der Waals surface area (Å²) in [7, 11) is 1.58. The summed E-state index contributed by atoms with van der Waals surface area (Å²) >= 11 is 0.